The van der Waals surface area contributed by atoms with E-state index in [0.717, 1.165) is 11.0 Å². The maximum absolute atomic E-state index is 13.1. The topological polar surface area (TPSA) is 54.5 Å². The summed E-state index contributed by atoms with van der Waals surface area (Å²) in [4.78, 5) is 12.9. The lowest BCUT2D eigenvalue weighted by Gasteiger charge is -2.22. The maximum atomic E-state index is 13.1. The molecule has 0 radical (unpaired) electrons. The van der Waals surface area contributed by atoms with Gasteiger partial charge in [0.25, 0.3) is 0 Å². The first kappa shape index (κ1) is 17.6. The van der Waals surface area contributed by atoms with Crippen LogP contribution in [-0.4, -0.2) is 26.6 Å². The van der Waals surface area contributed by atoms with Gasteiger partial charge in [-0.05, 0) is 18.2 Å². The van der Waals surface area contributed by atoms with E-state index in [4.69, 9.17) is 10.7 Å². The average Bonchev–Trinajstić information content (AvgIpc) is 2.66. The van der Waals surface area contributed by atoms with E-state index in [2.05, 4.69) is 15.9 Å². The summed E-state index contributed by atoms with van der Waals surface area (Å²) >= 11 is 2.96. The standard InChI is InChI=1S/C12H10BrClF3NO3S/c13-8-1-2-10(9(4-8)12(15,16)17)18-5-7(3-11(18)19)6-22(14,20)21/h1-2,4,7H,3,5-6H2. The second-order valence-electron chi connectivity index (χ2n) is 4.94. The van der Waals surface area contributed by atoms with Gasteiger partial charge in [-0.2, -0.15) is 13.2 Å². The summed E-state index contributed by atoms with van der Waals surface area (Å²) in [7, 11) is 1.32. The molecule has 122 valence electrons. The van der Waals surface area contributed by atoms with Crippen molar-refractivity contribution >= 4 is 47.3 Å². The zero-order valence-corrected chi connectivity index (χ0v) is 14.1. The third-order valence-corrected chi connectivity index (χ3v) is 4.94. The minimum atomic E-state index is -4.63. The molecular weight excluding hydrogens is 411 g/mol. The number of anilines is 1. The Morgan fingerprint density at radius 2 is 2.00 bits per heavy atom. The predicted octanol–water partition coefficient (Wildman–Crippen LogP) is 3.39. The molecule has 1 aromatic carbocycles. The van der Waals surface area contributed by atoms with E-state index in [-0.39, 0.29) is 23.1 Å². The normalized spacial score (nSPS) is 19.8. The Kier molecular flexibility index (Phi) is 4.79. The van der Waals surface area contributed by atoms with Crippen LogP contribution in [0.25, 0.3) is 0 Å². The Morgan fingerprint density at radius 1 is 1.36 bits per heavy atom. The van der Waals surface area contributed by atoms with Crippen LogP contribution in [-0.2, 0) is 20.0 Å². The summed E-state index contributed by atoms with van der Waals surface area (Å²) in [5.74, 6) is -1.63. The van der Waals surface area contributed by atoms with Crippen LogP contribution in [0.4, 0.5) is 18.9 Å². The van der Waals surface area contributed by atoms with Gasteiger partial charge in [0.15, 0.2) is 0 Å². The number of rotatable bonds is 3. The monoisotopic (exact) mass is 419 g/mol. The Labute approximate surface area is 137 Å². The van der Waals surface area contributed by atoms with Crippen molar-refractivity contribution in [3.05, 3.63) is 28.2 Å². The second-order valence-corrected chi connectivity index (χ2v) is 8.68. The van der Waals surface area contributed by atoms with E-state index in [1.807, 2.05) is 0 Å². The van der Waals surface area contributed by atoms with Crippen LogP contribution >= 0.6 is 26.6 Å². The van der Waals surface area contributed by atoms with E-state index < -0.39 is 38.4 Å². The summed E-state index contributed by atoms with van der Waals surface area (Å²) in [5.41, 5.74) is -1.24. The van der Waals surface area contributed by atoms with Crippen LogP contribution in [0.2, 0.25) is 0 Å². The molecule has 1 aromatic rings. The second kappa shape index (κ2) is 6.01. The molecule has 1 unspecified atom stereocenters. The van der Waals surface area contributed by atoms with Gasteiger partial charge in [0.2, 0.25) is 15.0 Å². The Hall–Kier alpha value is -0.800. The van der Waals surface area contributed by atoms with E-state index >= 15 is 0 Å². The number of amides is 1. The van der Waals surface area contributed by atoms with Crippen LogP contribution < -0.4 is 4.90 Å². The van der Waals surface area contributed by atoms with E-state index in [0.29, 0.717) is 0 Å². The van der Waals surface area contributed by atoms with Crippen molar-refractivity contribution in [3.8, 4) is 0 Å². The quantitative estimate of drug-likeness (QED) is 0.705. The molecule has 1 aliphatic heterocycles. The minimum absolute atomic E-state index is 0.116. The van der Waals surface area contributed by atoms with E-state index in [9.17, 15) is 26.4 Å². The fourth-order valence-corrected chi connectivity index (χ4v) is 4.06. The molecule has 1 fully saturated rings. The highest BCUT2D eigenvalue weighted by atomic mass is 79.9. The van der Waals surface area contributed by atoms with Crippen LogP contribution in [0.5, 0.6) is 0 Å². The van der Waals surface area contributed by atoms with Gasteiger partial charge < -0.3 is 4.90 Å². The summed E-state index contributed by atoms with van der Waals surface area (Å²) in [6, 6.07) is 3.46. The summed E-state index contributed by atoms with van der Waals surface area (Å²) < 4.78 is 61.7. The molecule has 2 rings (SSSR count). The highest BCUT2D eigenvalue weighted by molar-refractivity contribution is 9.10. The van der Waals surface area contributed by atoms with Crippen molar-refractivity contribution < 1.29 is 26.4 Å². The molecule has 0 N–H and O–H groups in total. The molecule has 1 saturated heterocycles. The van der Waals surface area contributed by atoms with E-state index in [1.165, 1.54) is 12.1 Å². The van der Waals surface area contributed by atoms with Gasteiger partial charge in [-0.1, -0.05) is 15.9 Å². The summed E-state index contributed by atoms with van der Waals surface area (Å²) in [5, 5.41) is 0. The third-order valence-electron chi connectivity index (χ3n) is 3.19. The minimum Gasteiger partial charge on any atom is -0.311 e. The number of alkyl halides is 3. The molecule has 4 nitrogen and oxygen atoms in total. The summed E-state index contributed by atoms with van der Waals surface area (Å²) in [6.45, 7) is -0.116. The lowest BCUT2D eigenvalue weighted by Crippen LogP contribution is -2.28. The van der Waals surface area contributed by atoms with Gasteiger partial charge in [-0.3, -0.25) is 4.79 Å². The average molecular weight is 421 g/mol. The molecule has 0 aromatic heterocycles. The van der Waals surface area contributed by atoms with Crippen LogP contribution in [0, 0.1) is 5.92 Å². The van der Waals surface area contributed by atoms with Crippen molar-refractivity contribution in [3.63, 3.8) is 0 Å². The number of benzene rings is 1. The molecular formula is C12H10BrClF3NO3S. The zero-order chi connectivity index (χ0) is 16.7. The van der Waals surface area contributed by atoms with Crippen molar-refractivity contribution in [2.24, 2.45) is 5.92 Å². The smallest absolute Gasteiger partial charge is 0.311 e. The van der Waals surface area contributed by atoms with Crippen LogP contribution in [0.3, 0.4) is 0 Å². The SMILES string of the molecule is O=C1CC(CS(=O)(=O)Cl)CN1c1ccc(Br)cc1C(F)(F)F. The Balaban J connectivity index is 2.35. The molecule has 0 aliphatic carbocycles. The van der Waals surface area contributed by atoms with Crippen molar-refractivity contribution in [2.75, 3.05) is 17.2 Å². The highest BCUT2D eigenvalue weighted by Gasteiger charge is 2.40. The van der Waals surface area contributed by atoms with Gasteiger partial charge in [-0.15, -0.1) is 0 Å². The number of nitrogens with zero attached hydrogens (tertiary/aromatic N) is 1. The number of carbonyl (C=O) groups is 1. The van der Waals surface area contributed by atoms with Gasteiger partial charge in [0.1, 0.15) is 0 Å². The Morgan fingerprint density at radius 3 is 2.55 bits per heavy atom. The van der Waals surface area contributed by atoms with Crippen LogP contribution in [0.1, 0.15) is 12.0 Å². The molecule has 1 atom stereocenters. The highest BCUT2D eigenvalue weighted by Crippen LogP contribution is 2.40. The first-order chi connectivity index (χ1) is 9.97. The lowest BCUT2D eigenvalue weighted by atomic mass is 10.1. The first-order valence-corrected chi connectivity index (χ1v) is 9.34. The fraction of sp³-hybridized carbons (Fsp3) is 0.417. The van der Waals surface area contributed by atoms with Gasteiger partial charge in [0.05, 0.1) is 17.0 Å². The molecule has 1 heterocycles. The van der Waals surface area contributed by atoms with Crippen molar-refractivity contribution in [1.82, 2.24) is 0 Å². The first-order valence-electron chi connectivity index (χ1n) is 6.07. The number of hydrogen-bond donors (Lipinski definition) is 0. The Bertz CT molecular complexity index is 708. The van der Waals surface area contributed by atoms with E-state index in [1.54, 1.807) is 0 Å². The molecule has 22 heavy (non-hydrogen) atoms. The number of halogens is 5. The van der Waals surface area contributed by atoms with Crippen molar-refractivity contribution in [1.29, 1.82) is 0 Å². The molecule has 1 amide bonds. The third kappa shape index (κ3) is 4.14. The summed E-state index contributed by atoms with van der Waals surface area (Å²) in [6.07, 6.45) is -4.78. The fourth-order valence-electron chi connectivity index (χ4n) is 2.38. The van der Waals surface area contributed by atoms with Crippen LogP contribution in [0.15, 0.2) is 22.7 Å². The number of carbonyl (C=O) groups excluding carboxylic acids is 1. The van der Waals surface area contributed by atoms with Gasteiger partial charge >= 0.3 is 6.18 Å². The molecule has 10 heteroatoms. The molecule has 0 spiro atoms. The van der Waals surface area contributed by atoms with Gasteiger partial charge in [-0.25, -0.2) is 8.42 Å². The maximum Gasteiger partial charge on any atom is 0.418 e. The lowest BCUT2D eigenvalue weighted by molar-refractivity contribution is -0.137. The zero-order valence-electron chi connectivity index (χ0n) is 10.9. The van der Waals surface area contributed by atoms with Crippen molar-refractivity contribution in [2.45, 2.75) is 12.6 Å². The number of hydrogen-bond acceptors (Lipinski definition) is 3. The van der Waals surface area contributed by atoms with Gasteiger partial charge in [0, 0.05) is 34.0 Å². The largest absolute Gasteiger partial charge is 0.418 e. The predicted molar refractivity (Wildman–Crippen MR) is 79.2 cm³/mol. The molecule has 1 aliphatic rings. The molecule has 0 bridgehead atoms. The molecule has 0 saturated carbocycles.